The van der Waals surface area contributed by atoms with E-state index in [2.05, 4.69) is 26.0 Å². The fraction of sp³-hybridized carbons (Fsp3) is 0.312. The molecule has 1 amide bonds. The van der Waals surface area contributed by atoms with E-state index in [-0.39, 0.29) is 11.9 Å². The second kappa shape index (κ2) is 6.41. The van der Waals surface area contributed by atoms with Crippen molar-refractivity contribution in [3.63, 3.8) is 0 Å². The molecule has 0 bridgehead atoms. The molecule has 0 radical (unpaired) electrons. The number of benzene rings is 1. The number of carbonyl (C=O) groups is 1. The van der Waals surface area contributed by atoms with Crippen molar-refractivity contribution in [1.82, 2.24) is 14.3 Å². The van der Waals surface area contributed by atoms with Gasteiger partial charge in [0.1, 0.15) is 0 Å². The smallest absolute Gasteiger partial charge is 0.300 e. The van der Waals surface area contributed by atoms with Crippen molar-refractivity contribution in [2.45, 2.75) is 33.4 Å². The minimum atomic E-state index is -0.311. The van der Waals surface area contributed by atoms with E-state index in [0.717, 1.165) is 21.2 Å². The molecule has 0 spiro atoms. The number of fused-ring (bicyclic) bond motifs is 1. The van der Waals surface area contributed by atoms with Gasteiger partial charge in [0, 0.05) is 23.3 Å². The summed E-state index contributed by atoms with van der Waals surface area (Å²) in [5.41, 5.74) is 1.44. The first-order valence-electron chi connectivity index (χ1n) is 7.43. The van der Waals surface area contributed by atoms with E-state index in [1.54, 1.807) is 10.7 Å². The number of para-hydroxylation sites is 1. The van der Waals surface area contributed by atoms with Gasteiger partial charge in [0.25, 0.3) is 5.91 Å². The maximum Gasteiger partial charge on any atom is 0.300 e. The average Bonchev–Trinajstić information content (AvgIpc) is 3.12. The van der Waals surface area contributed by atoms with Crippen LogP contribution in [0.5, 0.6) is 0 Å². The first-order chi connectivity index (χ1) is 11.0. The maximum absolute atomic E-state index is 12.4. The van der Waals surface area contributed by atoms with Crippen molar-refractivity contribution in [3.05, 3.63) is 45.4 Å². The number of nitrogens with zero attached hydrogens (tertiary/aromatic N) is 4. The zero-order valence-electron chi connectivity index (χ0n) is 13.2. The molecule has 0 aliphatic carbocycles. The fourth-order valence-electron chi connectivity index (χ4n) is 2.35. The van der Waals surface area contributed by atoms with Crippen LogP contribution in [-0.4, -0.2) is 20.3 Å². The van der Waals surface area contributed by atoms with Crippen molar-refractivity contribution >= 4 is 43.4 Å². The Morgan fingerprint density at radius 2 is 2.17 bits per heavy atom. The molecule has 7 heteroatoms. The molecule has 2 aromatic heterocycles. The number of hydrogen-bond donors (Lipinski definition) is 0. The number of thiazole rings is 1. The highest BCUT2D eigenvalue weighted by atomic mass is 79.9. The average molecular weight is 393 g/mol. The van der Waals surface area contributed by atoms with Crippen molar-refractivity contribution < 1.29 is 4.79 Å². The summed E-state index contributed by atoms with van der Waals surface area (Å²) in [4.78, 5) is 17.4. The van der Waals surface area contributed by atoms with Gasteiger partial charge in [-0.05, 0) is 54.9 Å². The summed E-state index contributed by atoms with van der Waals surface area (Å²) in [6.07, 6.45) is 1.81. The van der Waals surface area contributed by atoms with Crippen molar-refractivity contribution in [1.29, 1.82) is 0 Å². The number of carbonyl (C=O) groups excluding carboxylic acids is 1. The molecule has 0 atom stereocenters. The fourth-order valence-corrected chi connectivity index (χ4v) is 4.18. The number of aryl methyl sites for hydroxylation is 1. The normalized spacial score (nSPS) is 12.5. The third-order valence-corrected chi connectivity index (χ3v) is 5.21. The molecule has 0 aliphatic heterocycles. The summed E-state index contributed by atoms with van der Waals surface area (Å²) in [7, 11) is 0. The second-order valence-electron chi connectivity index (χ2n) is 5.41. The molecular formula is C16H17BrN4OS. The van der Waals surface area contributed by atoms with Crippen molar-refractivity contribution in [3.8, 4) is 0 Å². The Morgan fingerprint density at radius 1 is 1.39 bits per heavy atom. The van der Waals surface area contributed by atoms with Crippen LogP contribution in [0.1, 0.15) is 37.3 Å². The summed E-state index contributed by atoms with van der Waals surface area (Å²) >= 11 is 5.09. The topological polar surface area (TPSA) is 52.2 Å². The highest BCUT2D eigenvalue weighted by Crippen LogP contribution is 2.25. The molecule has 23 heavy (non-hydrogen) atoms. The first-order valence-corrected chi connectivity index (χ1v) is 9.04. The van der Waals surface area contributed by atoms with E-state index in [0.29, 0.717) is 10.5 Å². The zero-order chi connectivity index (χ0) is 16.6. The van der Waals surface area contributed by atoms with Crippen LogP contribution in [0.15, 0.2) is 39.9 Å². The van der Waals surface area contributed by atoms with Crippen molar-refractivity contribution in [2.75, 3.05) is 0 Å². The minimum Gasteiger partial charge on any atom is -0.316 e. The molecule has 120 valence electrons. The maximum atomic E-state index is 12.4. The van der Waals surface area contributed by atoms with Crippen LogP contribution in [0, 0.1) is 0 Å². The first kappa shape index (κ1) is 16.1. The summed E-state index contributed by atoms with van der Waals surface area (Å²) < 4.78 is 5.91. The Bertz CT molecular complexity index is 935. The van der Waals surface area contributed by atoms with Crippen LogP contribution >= 0.6 is 27.3 Å². The van der Waals surface area contributed by atoms with Gasteiger partial charge in [0.2, 0.25) is 0 Å². The lowest BCUT2D eigenvalue weighted by Crippen LogP contribution is -2.16. The Morgan fingerprint density at radius 3 is 2.83 bits per heavy atom. The number of halogens is 1. The predicted octanol–water partition coefficient (Wildman–Crippen LogP) is 4.00. The Kier molecular flexibility index (Phi) is 4.50. The number of aromatic nitrogens is 3. The van der Waals surface area contributed by atoms with Crippen LogP contribution in [0.4, 0.5) is 0 Å². The quantitative estimate of drug-likeness (QED) is 0.675. The van der Waals surface area contributed by atoms with Gasteiger partial charge >= 0.3 is 0 Å². The van der Waals surface area contributed by atoms with Gasteiger partial charge in [0.15, 0.2) is 10.5 Å². The molecule has 5 nitrogen and oxygen atoms in total. The van der Waals surface area contributed by atoms with Gasteiger partial charge in [-0.25, -0.2) is 0 Å². The number of hydrogen-bond acceptors (Lipinski definition) is 3. The molecule has 0 saturated carbocycles. The van der Waals surface area contributed by atoms with Crippen LogP contribution in [0.25, 0.3) is 10.2 Å². The van der Waals surface area contributed by atoms with Gasteiger partial charge in [-0.3, -0.25) is 9.48 Å². The lowest BCUT2D eigenvalue weighted by molar-refractivity contribution is 0.0992. The second-order valence-corrected chi connectivity index (χ2v) is 7.27. The van der Waals surface area contributed by atoms with Gasteiger partial charge in [0.05, 0.1) is 10.2 Å². The molecule has 0 saturated heterocycles. The zero-order valence-corrected chi connectivity index (χ0v) is 15.6. The van der Waals surface area contributed by atoms with E-state index in [1.165, 1.54) is 11.3 Å². The standard InChI is InChI=1S/C16H17BrN4OS/c1-4-20-14-11(17)6-5-7-13(14)23-16(20)18-15(22)12-8-9-21(19-12)10(2)3/h5-10H,4H2,1-3H3. The van der Waals surface area contributed by atoms with E-state index in [9.17, 15) is 4.79 Å². The monoisotopic (exact) mass is 392 g/mol. The molecule has 0 fully saturated rings. The van der Waals surface area contributed by atoms with E-state index >= 15 is 0 Å². The Balaban J connectivity index is 2.09. The Labute approximate surface area is 146 Å². The molecule has 2 heterocycles. The van der Waals surface area contributed by atoms with Gasteiger partial charge in [-0.1, -0.05) is 17.4 Å². The van der Waals surface area contributed by atoms with Crippen molar-refractivity contribution in [2.24, 2.45) is 4.99 Å². The lowest BCUT2D eigenvalue weighted by Gasteiger charge is -2.03. The van der Waals surface area contributed by atoms with Crippen LogP contribution < -0.4 is 4.80 Å². The van der Waals surface area contributed by atoms with Crippen LogP contribution in [-0.2, 0) is 6.54 Å². The molecular weight excluding hydrogens is 376 g/mol. The van der Waals surface area contributed by atoms with E-state index < -0.39 is 0 Å². The highest BCUT2D eigenvalue weighted by molar-refractivity contribution is 9.10. The summed E-state index contributed by atoms with van der Waals surface area (Å²) in [5.74, 6) is -0.311. The third kappa shape index (κ3) is 3.03. The van der Waals surface area contributed by atoms with E-state index in [4.69, 9.17) is 0 Å². The molecule has 0 unspecified atom stereocenters. The molecule has 3 aromatic rings. The number of rotatable bonds is 3. The summed E-state index contributed by atoms with van der Waals surface area (Å²) in [6, 6.07) is 7.95. The summed E-state index contributed by atoms with van der Waals surface area (Å²) in [5, 5.41) is 4.29. The molecule has 0 aliphatic rings. The molecule has 0 N–H and O–H groups in total. The molecule has 1 aromatic carbocycles. The summed E-state index contributed by atoms with van der Waals surface area (Å²) in [6.45, 7) is 6.83. The lowest BCUT2D eigenvalue weighted by atomic mass is 10.3. The van der Waals surface area contributed by atoms with Gasteiger partial charge in [-0.2, -0.15) is 10.1 Å². The Hall–Kier alpha value is -1.73. The largest absolute Gasteiger partial charge is 0.316 e. The number of amides is 1. The van der Waals surface area contributed by atoms with Gasteiger partial charge < -0.3 is 4.57 Å². The predicted molar refractivity (Wildman–Crippen MR) is 95.7 cm³/mol. The highest BCUT2D eigenvalue weighted by Gasteiger charge is 2.12. The SMILES string of the molecule is CCn1c(=NC(=O)c2ccn(C(C)C)n2)sc2cccc(Br)c21. The van der Waals surface area contributed by atoms with E-state index in [1.807, 2.05) is 49.7 Å². The minimum absolute atomic E-state index is 0.220. The molecule has 3 rings (SSSR count). The third-order valence-electron chi connectivity index (χ3n) is 3.52. The van der Waals surface area contributed by atoms with Crippen LogP contribution in [0.2, 0.25) is 0 Å². The van der Waals surface area contributed by atoms with Crippen LogP contribution in [0.3, 0.4) is 0 Å². The van der Waals surface area contributed by atoms with Gasteiger partial charge in [-0.15, -0.1) is 0 Å².